The summed E-state index contributed by atoms with van der Waals surface area (Å²) in [4.78, 5) is 2.19. The minimum Gasteiger partial charge on any atom is -0.315 e. The molecule has 0 amide bonds. The van der Waals surface area contributed by atoms with Gasteiger partial charge in [0, 0.05) is 19.1 Å². The van der Waals surface area contributed by atoms with Gasteiger partial charge in [-0.15, -0.1) is 0 Å². The Balaban J connectivity index is 2.04. The fraction of sp³-hybridized carbons (Fsp3) is 0.417. The van der Waals surface area contributed by atoms with Gasteiger partial charge in [-0.25, -0.2) is 0 Å². The molecule has 1 fully saturated rings. The van der Waals surface area contributed by atoms with Gasteiger partial charge in [-0.2, -0.15) is 5.26 Å². The zero-order chi connectivity index (χ0) is 10.7. The fourth-order valence-electron chi connectivity index (χ4n) is 1.91. The monoisotopic (exact) mass is 201 g/mol. The first-order valence-electron chi connectivity index (χ1n) is 5.21. The molecule has 1 unspecified atom stereocenters. The molecule has 1 aliphatic heterocycles. The Labute approximate surface area is 90.3 Å². The van der Waals surface area contributed by atoms with Gasteiger partial charge in [0.1, 0.15) is 6.04 Å². The standard InChI is InChI=1S/C12H15N3/c1-14-11-8-15(9-11)12(7-13)10-5-3-2-4-6-10/h2-6,11-12,14H,8-9H2,1H3. The molecule has 0 radical (unpaired) electrons. The molecule has 3 nitrogen and oxygen atoms in total. The number of likely N-dealkylation sites (tertiary alicyclic amines) is 1. The molecule has 2 rings (SSSR count). The zero-order valence-electron chi connectivity index (χ0n) is 8.85. The number of likely N-dealkylation sites (N-methyl/N-ethyl adjacent to an activating group) is 1. The molecule has 0 saturated carbocycles. The molecule has 1 aromatic rings. The zero-order valence-corrected chi connectivity index (χ0v) is 8.85. The van der Waals surface area contributed by atoms with Gasteiger partial charge in [-0.05, 0) is 12.6 Å². The Morgan fingerprint density at radius 1 is 1.40 bits per heavy atom. The maximum absolute atomic E-state index is 9.16. The predicted octanol–water partition coefficient (Wildman–Crippen LogP) is 1.15. The third-order valence-corrected chi connectivity index (χ3v) is 2.92. The molecule has 1 saturated heterocycles. The normalized spacial score (nSPS) is 19.2. The minimum absolute atomic E-state index is 0.0872. The van der Waals surface area contributed by atoms with E-state index in [0.29, 0.717) is 6.04 Å². The van der Waals surface area contributed by atoms with Crippen LogP contribution in [0.25, 0.3) is 0 Å². The second-order valence-electron chi connectivity index (χ2n) is 3.88. The molecule has 1 atom stereocenters. The van der Waals surface area contributed by atoms with Crippen molar-refractivity contribution in [3.05, 3.63) is 35.9 Å². The van der Waals surface area contributed by atoms with E-state index >= 15 is 0 Å². The van der Waals surface area contributed by atoms with Crippen molar-refractivity contribution in [1.29, 1.82) is 5.26 Å². The van der Waals surface area contributed by atoms with Crippen LogP contribution in [0.4, 0.5) is 0 Å². The number of benzene rings is 1. The van der Waals surface area contributed by atoms with E-state index < -0.39 is 0 Å². The van der Waals surface area contributed by atoms with Gasteiger partial charge >= 0.3 is 0 Å². The van der Waals surface area contributed by atoms with E-state index in [1.165, 1.54) is 0 Å². The molecular formula is C12H15N3. The fourth-order valence-corrected chi connectivity index (χ4v) is 1.91. The smallest absolute Gasteiger partial charge is 0.123 e. The molecular weight excluding hydrogens is 186 g/mol. The lowest BCUT2D eigenvalue weighted by Gasteiger charge is -2.41. The van der Waals surface area contributed by atoms with Gasteiger partial charge in [0.05, 0.1) is 6.07 Å². The molecule has 15 heavy (non-hydrogen) atoms. The molecule has 0 spiro atoms. The van der Waals surface area contributed by atoms with Crippen LogP contribution >= 0.6 is 0 Å². The Bertz CT molecular complexity index is 349. The first kappa shape index (κ1) is 10.2. The average Bonchev–Trinajstić information content (AvgIpc) is 2.24. The van der Waals surface area contributed by atoms with Crippen molar-refractivity contribution in [1.82, 2.24) is 10.2 Å². The lowest BCUT2D eigenvalue weighted by molar-refractivity contribution is 0.104. The van der Waals surface area contributed by atoms with E-state index in [1.54, 1.807) is 0 Å². The van der Waals surface area contributed by atoms with Crippen LogP contribution < -0.4 is 5.32 Å². The Morgan fingerprint density at radius 2 is 2.07 bits per heavy atom. The van der Waals surface area contributed by atoms with Gasteiger partial charge in [0.25, 0.3) is 0 Å². The predicted molar refractivity (Wildman–Crippen MR) is 59.2 cm³/mol. The molecule has 3 heteroatoms. The second kappa shape index (κ2) is 4.43. The Morgan fingerprint density at radius 3 is 2.60 bits per heavy atom. The third-order valence-electron chi connectivity index (χ3n) is 2.92. The quantitative estimate of drug-likeness (QED) is 0.797. The highest BCUT2D eigenvalue weighted by atomic mass is 15.3. The van der Waals surface area contributed by atoms with Crippen LogP contribution in [0.15, 0.2) is 30.3 Å². The highest BCUT2D eigenvalue weighted by Gasteiger charge is 2.31. The Hall–Kier alpha value is -1.37. The van der Waals surface area contributed by atoms with E-state index in [4.69, 9.17) is 5.26 Å². The summed E-state index contributed by atoms with van der Waals surface area (Å²) >= 11 is 0. The van der Waals surface area contributed by atoms with Crippen LogP contribution in [0.1, 0.15) is 11.6 Å². The van der Waals surface area contributed by atoms with Crippen LogP contribution in [-0.4, -0.2) is 31.1 Å². The van der Waals surface area contributed by atoms with Crippen molar-refractivity contribution in [2.75, 3.05) is 20.1 Å². The van der Waals surface area contributed by atoms with Gasteiger partial charge in [-0.1, -0.05) is 30.3 Å². The molecule has 0 aromatic heterocycles. The number of hydrogen-bond acceptors (Lipinski definition) is 3. The molecule has 78 valence electrons. The maximum Gasteiger partial charge on any atom is 0.123 e. The van der Waals surface area contributed by atoms with E-state index in [9.17, 15) is 0 Å². The largest absolute Gasteiger partial charge is 0.315 e. The number of hydrogen-bond donors (Lipinski definition) is 1. The number of rotatable bonds is 3. The van der Waals surface area contributed by atoms with Crippen LogP contribution in [0, 0.1) is 11.3 Å². The summed E-state index contributed by atoms with van der Waals surface area (Å²) in [5, 5.41) is 12.4. The maximum atomic E-state index is 9.16. The third kappa shape index (κ3) is 2.01. The van der Waals surface area contributed by atoms with E-state index in [2.05, 4.69) is 16.3 Å². The van der Waals surface area contributed by atoms with Crippen molar-refractivity contribution >= 4 is 0 Å². The SMILES string of the molecule is CNC1CN(C(C#N)c2ccccc2)C1. The molecule has 1 aliphatic rings. The van der Waals surface area contributed by atoms with Gasteiger partial charge < -0.3 is 5.32 Å². The summed E-state index contributed by atoms with van der Waals surface area (Å²) in [5.41, 5.74) is 1.09. The van der Waals surface area contributed by atoms with Gasteiger partial charge in [-0.3, -0.25) is 4.90 Å². The van der Waals surface area contributed by atoms with E-state index in [-0.39, 0.29) is 6.04 Å². The lowest BCUT2D eigenvalue weighted by Crippen LogP contribution is -2.57. The topological polar surface area (TPSA) is 39.1 Å². The second-order valence-corrected chi connectivity index (χ2v) is 3.88. The molecule has 0 aliphatic carbocycles. The van der Waals surface area contributed by atoms with Crippen molar-refractivity contribution in [3.63, 3.8) is 0 Å². The lowest BCUT2D eigenvalue weighted by atomic mass is 10.0. The first-order valence-corrected chi connectivity index (χ1v) is 5.21. The minimum atomic E-state index is -0.0872. The summed E-state index contributed by atoms with van der Waals surface area (Å²) in [6, 6.07) is 12.8. The average molecular weight is 201 g/mol. The van der Waals surface area contributed by atoms with Crippen molar-refractivity contribution in [2.45, 2.75) is 12.1 Å². The number of nitrogens with zero attached hydrogens (tertiary/aromatic N) is 2. The summed E-state index contributed by atoms with van der Waals surface area (Å²) < 4.78 is 0. The van der Waals surface area contributed by atoms with Gasteiger partial charge in [0.2, 0.25) is 0 Å². The summed E-state index contributed by atoms with van der Waals surface area (Å²) in [6.45, 7) is 1.92. The van der Waals surface area contributed by atoms with Crippen molar-refractivity contribution in [2.24, 2.45) is 0 Å². The summed E-state index contributed by atoms with van der Waals surface area (Å²) in [6.07, 6.45) is 0. The summed E-state index contributed by atoms with van der Waals surface area (Å²) in [7, 11) is 1.96. The van der Waals surface area contributed by atoms with Crippen molar-refractivity contribution in [3.8, 4) is 6.07 Å². The number of nitriles is 1. The molecule has 0 bridgehead atoms. The highest BCUT2D eigenvalue weighted by Crippen LogP contribution is 2.24. The molecule has 1 N–H and O–H groups in total. The van der Waals surface area contributed by atoms with Crippen molar-refractivity contribution < 1.29 is 0 Å². The van der Waals surface area contributed by atoms with Crippen LogP contribution in [-0.2, 0) is 0 Å². The van der Waals surface area contributed by atoms with E-state index in [1.807, 2.05) is 37.4 Å². The number of nitrogens with one attached hydrogen (secondary N) is 1. The Kier molecular flexibility index (Phi) is 3.00. The van der Waals surface area contributed by atoms with Crippen LogP contribution in [0.3, 0.4) is 0 Å². The first-order chi connectivity index (χ1) is 7.35. The molecule has 1 aromatic carbocycles. The van der Waals surface area contributed by atoms with Crippen LogP contribution in [0.2, 0.25) is 0 Å². The highest BCUT2D eigenvalue weighted by molar-refractivity contribution is 5.25. The van der Waals surface area contributed by atoms with Gasteiger partial charge in [0.15, 0.2) is 0 Å². The van der Waals surface area contributed by atoms with E-state index in [0.717, 1.165) is 18.7 Å². The molecule has 1 heterocycles. The van der Waals surface area contributed by atoms with Crippen LogP contribution in [0.5, 0.6) is 0 Å². The summed E-state index contributed by atoms with van der Waals surface area (Å²) in [5.74, 6) is 0.